The van der Waals surface area contributed by atoms with E-state index >= 15 is 0 Å². The van der Waals surface area contributed by atoms with Crippen LogP contribution in [0.1, 0.15) is 20.3 Å². The molecule has 0 aromatic heterocycles. The van der Waals surface area contributed by atoms with E-state index in [1.807, 2.05) is 44.2 Å². The topological polar surface area (TPSA) is 81.2 Å². The normalized spacial score (nSPS) is 30.4. The number of hydrogen-bond acceptors (Lipinski definition) is 5. The second-order valence-electron chi connectivity index (χ2n) is 9.86. The summed E-state index contributed by atoms with van der Waals surface area (Å²) in [4.78, 5) is 47.1. The van der Waals surface area contributed by atoms with Crippen LogP contribution in [0.4, 0.5) is 5.69 Å². The molecule has 3 saturated heterocycles. The first kappa shape index (κ1) is 26.9. The number of fused-ring (bicyclic) bond motifs is 1. The Morgan fingerprint density at radius 1 is 1.22 bits per heavy atom. The second-order valence-corrected chi connectivity index (χ2v) is 12.6. The van der Waals surface area contributed by atoms with Gasteiger partial charge in [-0.15, -0.1) is 24.9 Å². The third kappa shape index (κ3) is 4.23. The van der Waals surface area contributed by atoms with Gasteiger partial charge in [0.1, 0.15) is 6.04 Å². The molecular weight excluding hydrogens is 542 g/mol. The summed E-state index contributed by atoms with van der Waals surface area (Å²) in [6.07, 6.45) is 3.98. The summed E-state index contributed by atoms with van der Waals surface area (Å²) in [7, 11) is 0. The first-order valence-electron chi connectivity index (χ1n) is 12.3. The van der Waals surface area contributed by atoms with Crippen molar-refractivity contribution in [1.82, 2.24) is 9.80 Å². The summed E-state index contributed by atoms with van der Waals surface area (Å²) in [5.41, 5.74) is 0.748. The molecule has 1 aromatic carbocycles. The summed E-state index contributed by atoms with van der Waals surface area (Å²) in [6, 6.07) is 8.56. The van der Waals surface area contributed by atoms with Gasteiger partial charge >= 0.3 is 0 Å². The van der Waals surface area contributed by atoms with Crippen molar-refractivity contribution in [2.75, 3.05) is 31.1 Å². The number of aliphatic hydroxyl groups is 1. The number of rotatable bonds is 10. The van der Waals surface area contributed by atoms with Gasteiger partial charge in [0.2, 0.25) is 17.7 Å². The van der Waals surface area contributed by atoms with Crippen LogP contribution in [0.15, 0.2) is 55.6 Å². The molecule has 3 unspecified atom stereocenters. The second kappa shape index (κ2) is 10.7. The number of benzene rings is 1. The molecule has 3 aliphatic rings. The molecule has 3 fully saturated rings. The minimum atomic E-state index is -0.748. The lowest BCUT2D eigenvalue weighted by Gasteiger charge is -2.39. The van der Waals surface area contributed by atoms with Gasteiger partial charge in [-0.25, -0.2) is 0 Å². The third-order valence-electron chi connectivity index (χ3n) is 7.53. The van der Waals surface area contributed by atoms with Gasteiger partial charge < -0.3 is 19.8 Å². The maximum Gasteiger partial charge on any atom is 0.247 e. The monoisotopic (exact) mass is 575 g/mol. The molecule has 194 valence electrons. The Labute approximate surface area is 225 Å². The van der Waals surface area contributed by atoms with Crippen LogP contribution in [-0.2, 0) is 14.4 Å². The molecule has 0 radical (unpaired) electrons. The first-order valence-corrected chi connectivity index (χ1v) is 14.1. The van der Waals surface area contributed by atoms with Gasteiger partial charge in [-0.05, 0) is 32.4 Å². The average molecular weight is 577 g/mol. The molecule has 9 heteroatoms. The van der Waals surface area contributed by atoms with Crippen LogP contribution in [0.2, 0.25) is 0 Å². The van der Waals surface area contributed by atoms with Crippen LogP contribution in [0, 0.1) is 11.8 Å². The molecule has 6 atom stereocenters. The van der Waals surface area contributed by atoms with E-state index in [0.29, 0.717) is 19.5 Å². The number of hydrogen-bond donors (Lipinski definition) is 1. The van der Waals surface area contributed by atoms with Gasteiger partial charge in [-0.1, -0.05) is 46.3 Å². The molecule has 36 heavy (non-hydrogen) atoms. The number of alkyl halides is 1. The van der Waals surface area contributed by atoms with E-state index in [1.165, 1.54) is 4.90 Å². The average Bonchev–Trinajstić information content (AvgIpc) is 3.44. The van der Waals surface area contributed by atoms with E-state index in [-0.39, 0.29) is 47.0 Å². The Morgan fingerprint density at radius 2 is 1.89 bits per heavy atom. The van der Waals surface area contributed by atoms with Gasteiger partial charge in [0.15, 0.2) is 0 Å². The number of halogens is 1. The van der Waals surface area contributed by atoms with Crippen LogP contribution < -0.4 is 4.90 Å². The molecule has 0 saturated carbocycles. The molecule has 7 nitrogen and oxygen atoms in total. The molecule has 4 rings (SSSR count). The van der Waals surface area contributed by atoms with Crippen molar-refractivity contribution in [3.8, 4) is 0 Å². The highest BCUT2D eigenvalue weighted by Gasteiger charge is 2.76. The smallest absolute Gasteiger partial charge is 0.247 e. The summed E-state index contributed by atoms with van der Waals surface area (Å²) < 4.78 is -0.743. The summed E-state index contributed by atoms with van der Waals surface area (Å²) in [5.74, 6) is -1.73. The molecular formula is C27H34BrN3O4S. The van der Waals surface area contributed by atoms with E-state index in [4.69, 9.17) is 0 Å². The highest BCUT2D eigenvalue weighted by molar-refractivity contribution is 9.09. The number of para-hydroxylation sites is 1. The van der Waals surface area contributed by atoms with E-state index in [2.05, 4.69) is 29.1 Å². The Kier molecular flexibility index (Phi) is 8.02. The zero-order valence-corrected chi connectivity index (χ0v) is 23.2. The third-order valence-corrected chi connectivity index (χ3v) is 10.7. The molecule has 3 heterocycles. The Hall–Kier alpha value is -2.10. The number of likely N-dealkylation sites (tertiary alicyclic amines) is 1. The van der Waals surface area contributed by atoms with Crippen molar-refractivity contribution in [1.29, 1.82) is 0 Å². The first-order chi connectivity index (χ1) is 17.2. The van der Waals surface area contributed by atoms with Crippen molar-refractivity contribution in [2.24, 2.45) is 11.8 Å². The number of aliphatic hydroxyl groups excluding tert-OH is 1. The van der Waals surface area contributed by atoms with Gasteiger partial charge in [-0.3, -0.25) is 14.4 Å². The lowest BCUT2D eigenvalue weighted by molar-refractivity contribution is -0.143. The number of nitrogens with zero attached hydrogens (tertiary/aromatic N) is 3. The predicted octanol–water partition coefficient (Wildman–Crippen LogP) is 3.09. The lowest BCUT2D eigenvalue weighted by Crippen LogP contribution is -2.57. The zero-order chi connectivity index (χ0) is 26.2. The number of carbonyl (C=O) groups is 3. The molecule has 1 aromatic rings. The minimum Gasteiger partial charge on any atom is -0.395 e. The van der Waals surface area contributed by atoms with Crippen LogP contribution in [0.25, 0.3) is 0 Å². The maximum atomic E-state index is 14.2. The molecule has 3 amide bonds. The summed E-state index contributed by atoms with van der Waals surface area (Å²) in [5, 5.41) is 9.68. The highest BCUT2D eigenvalue weighted by atomic mass is 79.9. The number of thioether (sulfide) groups is 1. The molecule has 1 spiro atoms. The number of β-amino-alcohol motifs (C(OH)–C–C–N with tert-alkyl or cyclic N) is 1. The summed E-state index contributed by atoms with van der Waals surface area (Å²) in [6.45, 7) is 12.0. The quantitative estimate of drug-likeness (QED) is 0.342. The van der Waals surface area contributed by atoms with Crippen molar-refractivity contribution < 1.29 is 19.5 Å². The van der Waals surface area contributed by atoms with Gasteiger partial charge in [0.25, 0.3) is 0 Å². The van der Waals surface area contributed by atoms with E-state index in [1.54, 1.807) is 33.7 Å². The van der Waals surface area contributed by atoms with E-state index in [9.17, 15) is 19.5 Å². The van der Waals surface area contributed by atoms with Crippen LogP contribution in [0.5, 0.6) is 0 Å². The molecule has 2 bridgehead atoms. The Balaban J connectivity index is 1.78. The standard InChI is InChI=1S/C27H34BrN3O4S/c1-5-12-29(17(3)4)26(35)23-27-16-19(28)22(36-27)20(21(27)25(34)31(23)14-15-32)24(33)30(13-6-2)18-10-8-7-9-11-18/h5-11,17,19-23,32H,1-2,12-16H2,3-4H3/t19?,20-,21+,22-,23?,27?/m1/s1. The maximum absolute atomic E-state index is 14.2. The molecule has 1 N–H and O–H groups in total. The van der Waals surface area contributed by atoms with Gasteiger partial charge in [0, 0.05) is 41.4 Å². The van der Waals surface area contributed by atoms with Gasteiger partial charge in [0.05, 0.1) is 23.2 Å². The van der Waals surface area contributed by atoms with Crippen molar-refractivity contribution >= 4 is 51.1 Å². The summed E-state index contributed by atoms with van der Waals surface area (Å²) >= 11 is 5.40. The van der Waals surface area contributed by atoms with Crippen molar-refractivity contribution in [3.63, 3.8) is 0 Å². The minimum absolute atomic E-state index is 0.0156. The molecule has 3 aliphatic heterocycles. The fourth-order valence-corrected chi connectivity index (χ4v) is 9.73. The highest BCUT2D eigenvalue weighted by Crippen LogP contribution is 2.68. The van der Waals surface area contributed by atoms with Crippen molar-refractivity contribution in [3.05, 3.63) is 55.6 Å². The van der Waals surface area contributed by atoms with Crippen LogP contribution in [0.3, 0.4) is 0 Å². The van der Waals surface area contributed by atoms with E-state index in [0.717, 1.165) is 5.69 Å². The molecule has 0 aliphatic carbocycles. The fraction of sp³-hybridized carbons (Fsp3) is 0.519. The number of anilines is 1. The van der Waals surface area contributed by atoms with Crippen LogP contribution >= 0.6 is 27.7 Å². The lowest BCUT2D eigenvalue weighted by atomic mass is 9.70. The number of carbonyl (C=O) groups excluding carboxylic acids is 3. The van der Waals surface area contributed by atoms with Crippen LogP contribution in [-0.4, -0.2) is 85.8 Å². The van der Waals surface area contributed by atoms with Crippen molar-refractivity contribution in [2.45, 2.75) is 47.2 Å². The Morgan fingerprint density at radius 3 is 2.47 bits per heavy atom. The fourth-order valence-electron chi connectivity index (χ4n) is 6.13. The predicted molar refractivity (Wildman–Crippen MR) is 147 cm³/mol. The van der Waals surface area contributed by atoms with Gasteiger partial charge in [-0.2, -0.15) is 0 Å². The van der Waals surface area contributed by atoms with E-state index < -0.39 is 22.6 Å². The number of amides is 3. The SMILES string of the molecule is C=CCN(C(=O)[C@H]1[C@@H]2SC3(CC2Br)C(C(=O)N(CC=C)C(C)C)N(CCO)C(=O)[C@H]13)c1ccccc1. The largest absolute Gasteiger partial charge is 0.395 e. The Bertz CT molecular complexity index is 1040. The zero-order valence-electron chi connectivity index (χ0n) is 20.8.